The third-order valence-electron chi connectivity index (χ3n) is 2.23. The zero-order valence-electron chi connectivity index (χ0n) is 9.45. The summed E-state index contributed by atoms with van der Waals surface area (Å²) in [5, 5.41) is 3.16. The first kappa shape index (κ1) is 13.0. The molecule has 0 saturated carbocycles. The predicted octanol–water partition coefficient (Wildman–Crippen LogP) is 3.45. The number of halogens is 2. The van der Waals surface area contributed by atoms with Crippen molar-refractivity contribution in [1.29, 1.82) is 0 Å². The summed E-state index contributed by atoms with van der Waals surface area (Å²) in [6, 6.07) is 4.99. The number of carbonyl (C=O) groups is 1. The summed E-state index contributed by atoms with van der Waals surface area (Å²) >= 11 is 9.11. The van der Waals surface area contributed by atoms with E-state index in [1.54, 1.807) is 12.3 Å². The lowest BCUT2D eigenvalue weighted by Crippen LogP contribution is -2.15. The minimum Gasteiger partial charge on any atom is -0.305 e. The Hall–Kier alpha value is -1.46. The topological polar surface area (TPSA) is 54.9 Å². The Morgan fingerprint density at radius 2 is 2.17 bits per heavy atom. The van der Waals surface area contributed by atoms with Crippen LogP contribution in [0, 0.1) is 6.92 Å². The van der Waals surface area contributed by atoms with Crippen LogP contribution in [0.15, 0.2) is 35.1 Å². The summed E-state index contributed by atoms with van der Waals surface area (Å²) in [7, 11) is 0. The number of nitrogens with zero attached hydrogens (tertiary/aromatic N) is 2. The van der Waals surface area contributed by atoms with Crippen LogP contribution in [-0.2, 0) is 0 Å². The van der Waals surface area contributed by atoms with Crippen molar-refractivity contribution >= 4 is 39.3 Å². The number of hydrogen-bond donors (Lipinski definition) is 1. The third-order valence-corrected chi connectivity index (χ3v) is 2.90. The average molecular weight is 327 g/mol. The van der Waals surface area contributed by atoms with Crippen molar-refractivity contribution in [3.63, 3.8) is 0 Å². The number of nitrogens with one attached hydrogen (secondary N) is 1. The molecule has 0 fully saturated rings. The minimum atomic E-state index is -0.338. The Kier molecular flexibility index (Phi) is 3.93. The van der Waals surface area contributed by atoms with E-state index in [-0.39, 0.29) is 11.6 Å². The van der Waals surface area contributed by atoms with Gasteiger partial charge in [0.05, 0.1) is 0 Å². The van der Waals surface area contributed by atoms with Crippen LogP contribution in [0.1, 0.15) is 16.1 Å². The number of anilines is 1. The van der Waals surface area contributed by atoms with Gasteiger partial charge in [-0.3, -0.25) is 9.78 Å². The van der Waals surface area contributed by atoms with E-state index in [1.165, 1.54) is 12.3 Å². The van der Waals surface area contributed by atoms with Gasteiger partial charge in [-0.05, 0) is 46.6 Å². The van der Waals surface area contributed by atoms with Crippen LogP contribution < -0.4 is 5.32 Å². The Morgan fingerprint density at radius 3 is 2.83 bits per heavy atom. The lowest BCUT2D eigenvalue weighted by molar-refractivity contribution is 0.102. The van der Waals surface area contributed by atoms with Gasteiger partial charge in [0, 0.05) is 21.9 Å². The zero-order valence-corrected chi connectivity index (χ0v) is 11.8. The number of carbonyl (C=O) groups excluding carboxylic acids is 1. The third kappa shape index (κ3) is 3.05. The summed E-state index contributed by atoms with van der Waals surface area (Å²) in [4.78, 5) is 20.0. The monoisotopic (exact) mass is 325 g/mol. The fraction of sp³-hybridized carbons (Fsp3) is 0.0833. The second kappa shape index (κ2) is 5.46. The first-order valence-electron chi connectivity index (χ1n) is 5.11. The standard InChI is InChI=1S/C12H9BrClN3O/c1-7-4-8(13)6-16-11(7)17-12(18)10-5-9(14)2-3-15-10/h2-6H,1H3,(H,16,17,18). The summed E-state index contributed by atoms with van der Waals surface area (Å²) in [6.45, 7) is 1.86. The molecule has 92 valence electrons. The van der Waals surface area contributed by atoms with E-state index >= 15 is 0 Å². The fourth-order valence-corrected chi connectivity index (χ4v) is 1.98. The van der Waals surface area contributed by atoms with Crippen LogP contribution in [-0.4, -0.2) is 15.9 Å². The molecule has 1 amide bonds. The van der Waals surface area contributed by atoms with Gasteiger partial charge < -0.3 is 5.32 Å². The second-order valence-electron chi connectivity index (χ2n) is 3.63. The smallest absolute Gasteiger partial charge is 0.275 e. The SMILES string of the molecule is Cc1cc(Br)cnc1NC(=O)c1cc(Cl)ccn1. The molecular weight excluding hydrogens is 318 g/mol. The van der Waals surface area contributed by atoms with Crippen molar-refractivity contribution < 1.29 is 4.79 Å². The fourth-order valence-electron chi connectivity index (χ4n) is 1.37. The molecule has 18 heavy (non-hydrogen) atoms. The molecule has 2 rings (SSSR count). The van der Waals surface area contributed by atoms with Gasteiger partial charge in [0.2, 0.25) is 0 Å². The summed E-state index contributed by atoms with van der Waals surface area (Å²) in [5.74, 6) is 0.167. The molecule has 0 aliphatic heterocycles. The highest BCUT2D eigenvalue weighted by molar-refractivity contribution is 9.10. The molecule has 0 radical (unpaired) electrons. The van der Waals surface area contributed by atoms with Gasteiger partial charge >= 0.3 is 0 Å². The summed E-state index contributed by atoms with van der Waals surface area (Å²) < 4.78 is 0.860. The average Bonchev–Trinajstić information content (AvgIpc) is 2.32. The van der Waals surface area contributed by atoms with Crippen molar-refractivity contribution in [2.75, 3.05) is 5.32 Å². The predicted molar refractivity (Wildman–Crippen MR) is 73.9 cm³/mol. The maximum Gasteiger partial charge on any atom is 0.275 e. The van der Waals surface area contributed by atoms with Gasteiger partial charge in [-0.15, -0.1) is 0 Å². The van der Waals surface area contributed by atoms with Crippen molar-refractivity contribution in [2.24, 2.45) is 0 Å². The molecular formula is C12H9BrClN3O. The van der Waals surface area contributed by atoms with Gasteiger partial charge in [-0.25, -0.2) is 4.98 Å². The maximum atomic E-state index is 11.9. The van der Waals surface area contributed by atoms with Crippen molar-refractivity contribution in [1.82, 2.24) is 9.97 Å². The number of pyridine rings is 2. The highest BCUT2D eigenvalue weighted by atomic mass is 79.9. The normalized spacial score (nSPS) is 10.2. The van der Waals surface area contributed by atoms with E-state index in [2.05, 4.69) is 31.2 Å². The quantitative estimate of drug-likeness (QED) is 0.919. The molecule has 2 aromatic heterocycles. The number of aromatic nitrogens is 2. The molecule has 0 atom stereocenters. The molecule has 0 aliphatic carbocycles. The van der Waals surface area contributed by atoms with Gasteiger partial charge in [0.1, 0.15) is 11.5 Å². The summed E-state index contributed by atoms with van der Waals surface area (Å²) in [6.07, 6.45) is 3.10. The molecule has 0 bridgehead atoms. The van der Waals surface area contributed by atoms with E-state index in [9.17, 15) is 4.79 Å². The number of rotatable bonds is 2. The highest BCUT2D eigenvalue weighted by Gasteiger charge is 2.10. The second-order valence-corrected chi connectivity index (χ2v) is 4.98. The Labute approximate surface area is 118 Å². The zero-order chi connectivity index (χ0) is 13.1. The van der Waals surface area contributed by atoms with Crippen LogP contribution in [0.25, 0.3) is 0 Å². The van der Waals surface area contributed by atoms with E-state index in [0.717, 1.165) is 10.0 Å². The largest absolute Gasteiger partial charge is 0.305 e. The van der Waals surface area contributed by atoms with Crippen LogP contribution in [0.4, 0.5) is 5.82 Å². The van der Waals surface area contributed by atoms with Gasteiger partial charge in [0.25, 0.3) is 5.91 Å². The molecule has 0 unspecified atom stereocenters. The van der Waals surface area contributed by atoms with Crippen LogP contribution in [0.5, 0.6) is 0 Å². The molecule has 6 heteroatoms. The molecule has 0 aliphatic rings. The van der Waals surface area contributed by atoms with Gasteiger partial charge in [-0.2, -0.15) is 0 Å². The molecule has 0 aromatic carbocycles. The first-order chi connectivity index (χ1) is 8.56. The molecule has 2 aromatic rings. The van der Waals surface area contributed by atoms with Gasteiger partial charge in [0.15, 0.2) is 0 Å². The minimum absolute atomic E-state index is 0.256. The number of hydrogen-bond acceptors (Lipinski definition) is 3. The molecule has 1 N–H and O–H groups in total. The summed E-state index contributed by atoms with van der Waals surface area (Å²) in [5.41, 5.74) is 1.12. The molecule has 0 saturated heterocycles. The number of aryl methyl sites for hydroxylation is 1. The van der Waals surface area contributed by atoms with Crippen molar-refractivity contribution in [2.45, 2.75) is 6.92 Å². The van der Waals surface area contributed by atoms with Crippen molar-refractivity contribution in [3.8, 4) is 0 Å². The van der Waals surface area contributed by atoms with Crippen LogP contribution in [0.3, 0.4) is 0 Å². The Morgan fingerprint density at radius 1 is 1.39 bits per heavy atom. The van der Waals surface area contributed by atoms with E-state index in [0.29, 0.717) is 10.8 Å². The van der Waals surface area contributed by atoms with Crippen LogP contribution in [0.2, 0.25) is 5.02 Å². The molecule has 0 spiro atoms. The lowest BCUT2D eigenvalue weighted by atomic mass is 10.3. The lowest BCUT2D eigenvalue weighted by Gasteiger charge is -2.07. The van der Waals surface area contributed by atoms with E-state index in [1.807, 2.05) is 13.0 Å². The van der Waals surface area contributed by atoms with Crippen LogP contribution >= 0.6 is 27.5 Å². The van der Waals surface area contributed by atoms with Gasteiger partial charge in [-0.1, -0.05) is 11.6 Å². The first-order valence-corrected chi connectivity index (χ1v) is 6.28. The molecule has 4 nitrogen and oxygen atoms in total. The Bertz CT molecular complexity index is 604. The van der Waals surface area contributed by atoms with E-state index in [4.69, 9.17) is 11.6 Å². The maximum absolute atomic E-state index is 11.9. The van der Waals surface area contributed by atoms with Crippen molar-refractivity contribution in [3.05, 3.63) is 51.3 Å². The Balaban J connectivity index is 2.21. The van der Waals surface area contributed by atoms with E-state index < -0.39 is 0 Å². The molecule has 2 heterocycles. The highest BCUT2D eigenvalue weighted by Crippen LogP contribution is 2.17. The number of amides is 1.